The lowest BCUT2D eigenvalue weighted by Crippen LogP contribution is -2.71. The SMILES string of the molecule is CC(=O)N[C@H]1[C@H](O[C@H]2[C@H](O[C@H]3O[C@H](C)[C@H](O)[C@H](O)[C@H]3O)[C@@H](NC(C)=O)C(O)O[C@@H]2CO[C@H]2O[C@H](C)[C@H](O)[C@H](O)[C@H]2O)O[C@H](CO)[C@@H](O[C@H]2O[C@@H](CO[C@@H]3O[C@@H](CO)[C@H](O)[C@@H](O)[C@H]3O)[C@H](O)[C@@H](O[C@@H]3O[C@@H](CO)[C@H](O)[C@@H](O)[C@H]3O)[C@H]2O)[C@@H]1O. The Bertz CT molecular complexity index is 2030. The maximum atomic E-state index is 13.0. The third-order valence-electron chi connectivity index (χ3n) is 15.2. The van der Waals surface area contributed by atoms with Crippen LogP contribution in [-0.4, -0.2) is 357 Å². The van der Waals surface area contributed by atoms with Crippen molar-refractivity contribution >= 4 is 11.8 Å². The molecule has 476 valence electrons. The van der Waals surface area contributed by atoms with Crippen LogP contribution in [0.3, 0.4) is 0 Å². The lowest BCUT2D eigenvalue weighted by Gasteiger charge is -2.51. The summed E-state index contributed by atoms with van der Waals surface area (Å²) in [7, 11) is 0. The molecule has 2 amide bonds. The number of nitrogens with one attached hydrogen (secondary N) is 2. The maximum absolute atomic E-state index is 13.0. The minimum absolute atomic E-state index is 0.826. The van der Waals surface area contributed by atoms with Crippen LogP contribution < -0.4 is 10.6 Å². The number of hydrogen-bond donors (Lipinski definition) is 21. The van der Waals surface area contributed by atoms with E-state index in [2.05, 4.69) is 10.6 Å². The molecule has 35 atom stereocenters. The van der Waals surface area contributed by atoms with Gasteiger partial charge in [0.15, 0.2) is 44.0 Å². The largest absolute Gasteiger partial charge is 0.394 e. The lowest BCUT2D eigenvalue weighted by atomic mass is 9.93. The fourth-order valence-corrected chi connectivity index (χ4v) is 10.5. The van der Waals surface area contributed by atoms with Crippen LogP contribution in [0.1, 0.15) is 27.7 Å². The maximum Gasteiger partial charge on any atom is 0.217 e. The Morgan fingerprint density at radius 3 is 1.24 bits per heavy atom. The standard InChI is InChI=1S/C46H78N2O34/c1-10-21(54)27(60)31(64)42(72-10)71-9-18-37(38(20(40(69)74-18)48-13(4)53)81-44-33(66)28(61)22(55)11(2)73-44)80-41-19(47-12(3)52)26(59)36(16(7-51)77-41)79-46-35(68)39(82-45-34(67)30(63)24(57)15(6-50)76-45)25(58)17(78-46)8-70-43-32(65)29(62)23(56)14(5-49)75-43/h10-11,14-46,49-51,54-69H,5-9H2,1-4H3,(H,47,52)(H,48,53)/t10-,11-,14+,15+,16-,17+,18-,19-,20-,21+,22+,23+,24+,25+,26-,27+,28+,29-,30-,31-,32-,33-,34-,35-,36-,37-,38-,39-,40?,41+,42+,43-,44-,45+,46-/m1/s1. The van der Waals surface area contributed by atoms with E-state index in [-0.39, 0.29) is 0 Å². The van der Waals surface area contributed by atoms with Gasteiger partial charge >= 0.3 is 0 Å². The van der Waals surface area contributed by atoms with E-state index in [9.17, 15) is 107 Å². The van der Waals surface area contributed by atoms with Crippen molar-refractivity contribution in [1.29, 1.82) is 0 Å². The van der Waals surface area contributed by atoms with E-state index in [4.69, 9.17) is 61.6 Å². The first-order chi connectivity index (χ1) is 38.6. The fourth-order valence-electron chi connectivity index (χ4n) is 10.5. The van der Waals surface area contributed by atoms with E-state index in [1.807, 2.05) is 0 Å². The third-order valence-corrected chi connectivity index (χ3v) is 15.2. The van der Waals surface area contributed by atoms with Crippen molar-refractivity contribution in [2.75, 3.05) is 33.0 Å². The Morgan fingerprint density at radius 1 is 0.341 bits per heavy atom. The van der Waals surface area contributed by atoms with Gasteiger partial charge in [0.1, 0.15) is 159 Å². The minimum Gasteiger partial charge on any atom is -0.394 e. The number of aliphatic hydroxyl groups excluding tert-OH is 19. The summed E-state index contributed by atoms with van der Waals surface area (Å²) >= 11 is 0. The van der Waals surface area contributed by atoms with Crippen LogP contribution in [0.4, 0.5) is 0 Å². The Morgan fingerprint density at radius 2 is 0.720 bits per heavy atom. The number of amides is 2. The van der Waals surface area contributed by atoms with Crippen LogP contribution >= 0.6 is 0 Å². The van der Waals surface area contributed by atoms with Gasteiger partial charge in [0.05, 0.1) is 45.2 Å². The van der Waals surface area contributed by atoms with Gasteiger partial charge in [-0.15, -0.1) is 0 Å². The Kier molecular flexibility index (Phi) is 23.5. The molecule has 36 heteroatoms. The average molecular weight is 1200 g/mol. The van der Waals surface area contributed by atoms with Crippen LogP contribution in [0.5, 0.6) is 0 Å². The summed E-state index contributed by atoms with van der Waals surface area (Å²) in [6.07, 6.45) is -62.0. The summed E-state index contributed by atoms with van der Waals surface area (Å²) in [6.45, 7) is -0.0441. The van der Waals surface area contributed by atoms with Crippen molar-refractivity contribution < 1.29 is 168 Å². The van der Waals surface area contributed by atoms with E-state index in [0.717, 1.165) is 13.8 Å². The number of rotatable bonds is 19. The van der Waals surface area contributed by atoms with Crippen LogP contribution in [0.15, 0.2) is 0 Å². The summed E-state index contributed by atoms with van der Waals surface area (Å²) in [5.74, 6) is -1.73. The van der Waals surface area contributed by atoms with Crippen molar-refractivity contribution in [3.8, 4) is 0 Å². The van der Waals surface area contributed by atoms with Crippen molar-refractivity contribution in [3.05, 3.63) is 0 Å². The molecule has 0 radical (unpaired) electrons. The molecule has 1 unspecified atom stereocenters. The first kappa shape index (κ1) is 67.2. The number of ether oxygens (including phenoxy) is 13. The summed E-state index contributed by atoms with van der Waals surface area (Å²) in [6, 6.07) is -3.64. The zero-order valence-electron chi connectivity index (χ0n) is 44.4. The van der Waals surface area contributed by atoms with Crippen LogP contribution in [0.2, 0.25) is 0 Å². The van der Waals surface area contributed by atoms with Gasteiger partial charge in [0.2, 0.25) is 11.8 Å². The number of carbonyl (C=O) groups is 2. The third kappa shape index (κ3) is 14.5. The van der Waals surface area contributed by atoms with E-state index < -0.39 is 260 Å². The Hall–Kier alpha value is -2.34. The Labute approximate surface area is 465 Å². The summed E-state index contributed by atoms with van der Waals surface area (Å²) in [5.41, 5.74) is 0. The van der Waals surface area contributed by atoms with Gasteiger partial charge in [-0.1, -0.05) is 0 Å². The topological polar surface area (TPSA) is 563 Å². The molecule has 0 aromatic carbocycles. The van der Waals surface area contributed by atoms with Gasteiger partial charge in [0, 0.05) is 13.8 Å². The Balaban J connectivity index is 1.21. The molecule has 0 aromatic heterocycles. The highest BCUT2D eigenvalue weighted by Crippen LogP contribution is 2.37. The molecule has 7 rings (SSSR count). The molecule has 0 bridgehead atoms. The zero-order valence-corrected chi connectivity index (χ0v) is 44.4. The van der Waals surface area contributed by atoms with E-state index in [1.165, 1.54) is 13.8 Å². The molecule has 0 aliphatic carbocycles. The quantitative estimate of drug-likeness (QED) is 0.0571. The molecular formula is C46H78N2O34. The molecular weight excluding hydrogens is 1120 g/mol. The molecule has 0 spiro atoms. The van der Waals surface area contributed by atoms with Crippen molar-refractivity contribution in [2.24, 2.45) is 0 Å². The smallest absolute Gasteiger partial charge is 0.217 e. The summed E-state index contributed by atoms with van der Waals surface area (Å²) < 4.78 is 75.9. The van der Waals surface area contributed by atoms with Crippen LogP contribution in [0.25, 0.3) is 0 Å². The number of carbonyl (C=O) groups excluding carboxylic acids is 2. The second-order valence-electron chi connectivity index (χ2n) is 21.1. The van der Waals surface area contributed by atoms with E-state index in [1.54, 1.807) is 0 Å². The fraction of sp³-hybridized carbons (Fsp3) is 0.957. The molecule has 0 saturated carbocycles. The first-order valence-corrected chi connectivity index (χ1v) is 26.3. The van der Waals surface area contributed by atoms with Crippen molar-refractivity contribution in [1.82, 2.24) is 10.6 Å². The molecule has 7 fully saturated rings. The highest BCUT2D eigenvalue weighted by Gasteiger charge is 2.58. The van der Waals surface area contributed by atoms with Crippen molar-refractivity contribution in [2.45, 2.75) is 243 Å². The molecule has 7 saturated heterocycles. The second kappa shape index (κ2) is 28.7. The molecule has 21 N–H and O–H groups in total. The van der Waals surface area contributed by atoms with Gasteiger partial charge in [-0.25, -0.2) is 0 Å². The average Bonchev–Trinajstić information content (AvgIpc) is 2.80. The van der Waals surface area contributed by atoms with Crippen LogP contribution in [0, 0.1) is 0 Å². The summed E-state index contributed by atoms with van der Waals surface area (Å²) in [4.78, 5) is 25.7. The van der Waals surface area contributed by atoms with Gasteiger partial charge in [-0.3, -0.25) is 9.59 Å². The van der Waals surface area contributed by atoms with E-state index >= 15 is 0 Å². The summed E-state index contributed by atoms with van der Waals surface area (Å²) in [5, 5.41) is 210. The predicted molar refractivity (Wildman–Crippen MR) is 252 cm³/mol. The van der Waals surface area contributed by atoms with Gasteiger partial charge < -0.3 is 169 Å². The van der Waals surface area contributed by atoms with E-state index in [0.29, 0.717) is 0 Å². The monoisotopic (exact) mass is 1200 g/mol. The normalized spacial score (nSPS) is 51.3. The predicted octanol–water partition coefficient (Wildman–Crippen LogP) is -13.9. The first-order valence-electron chi connectivity index (χ1n) is 26.3. The molecule has 36 nitrogen and oxygen atoms in total. The molecule has 7 heterocycles. The van der Waals surface area contributed by atoms with Gasteiger partial charge in [0.25, 0.3) is 0 Å². The molecule has 82 heavy (non-hydrogen) atoms. The molecule has 7 aliphatic rings. The van der Waals surface area contributed by atoms with Crippen molar-refractivity contribution in [3.63, 3.8) is 0 Å². The van der Waals surface area contributed by atoms with Gasteiger partial charge in [-0.05, 0) is 13.8 Å². The zero-order chi connectivity index (χ0) is 60.5. The highest BCUT2D eigenvalue weighted by atomic mass is 16.8. The highest BCUT2D eigenvalue weighted by molar-refractivity contribution is 5.73. The number of aliphatic hydroxyl groups is 19. The molecule has 0 aromatic rings. The van der Waals surface area contributed by atoms with Crippen LogP contribution in [-0.2, 0) is 71.2 Å². The lowest BCUT2D eigenvalue weighted by molar-refractivity contribution is -0.388. The minimum atomic E-state index is -2.29. The van der Waals surface area contributed by atoms with Gasteiger partial charge in [-0.2, -0.15) is 0 Å². The second-order valence-corrected chi connectivity index (χ2v) is 21.1. The number of hydrogen-bond acceptors (Lipinski definition) is 34. The molecule has 7 aliphatic heterocycles.